The van der Waals surface area contributed by atoms with Crippen LogP contribution < -0.4 is 11.4 Å². The van der Waals surface area contributed by atoms with Crippen molar-refractivity contribution in [3.63, 3.8) is 0 Å². The van der Waals surface area contributed by atoms with Gasteiger partial charge in [-0.2, -0.15) is 0 Å². The molecule has 1 aliphatic carbocycles. The molecule has 1 heterocycles. The highest BCUT2D eigenvalue weighted by Crippen LogP contribution is 2.37. The molecule has 6 nitrogen and oxygen atoms in total. The van der Waals surface area contributed by atoms with Crippen molar-refractivity contribution < 1.29 is 9.90 Å². The number of halogens is 1. The van der Waals surface area contributed by atoms with E-state index in [0.29, 0.717) is 17.9 Å². The van der Waals surface area contributed by atoms with E-state index >= 15 is 0 Å². The van der Waals surface area contributed by atoms with Gasteiger partial charge in [0.25, 0.3) is 0 Å². The van der Waals surface area contributed by atoms with Crippen molar-refractivity contribution >= 4 is 28.6 Å². The molecule has 4 rings (SSSR count). The van der Waals surface area contributed by atoms with Gasteiger partial charge in [-0.15, -0.1) is 0 Å². The predicted octanol–water partition coefficient (Wildman–Crippen LogP) is 3.13. The third kappa shape index (κ3) is 3.38. The average molecular weight is 386 g/mol. The van der Waals surface area contributed by atoms with Crippen LogP contribution in [0.15, 0.2) is 47.3 Å². The van der Waals surface area contributed by atoms with Gasteiger partial charge in [0.05, 0.1) is 16.7 Å². The maximum atomic E-state index is 13.1. The van der Waals surface area contributed by atoms with Gasteiger partial charge in [0.2, 0.25) is 0 Å². The molecule has 0 unspecified atom stereocenters. The van der Waals surface area contributed by atoms with Crippen molar-refractivity contribution in [2.45, 2.75) is 37.8 Å². The highest BCUT2D eigenvalue weighted by molar-refractivity contribution is 6.31. The zero-order valence-corrected chi connectivity index (χ0v) is 15.4. The molecule has 140 valence electrons. The van der Waals surface area contributed by atoms with Crippen molar-refractivity contribution in [3.05, 3.63) is 63.5 Å². The average Bonchev–Trinajstić information content (AvgIpc) is 3.43. The Morgan fingerprint density at radius 1 is 1.19 bits per heavy atom. The maximum Gasteiger partial charge on any atom is 0.333 e. The van der Waals surface area contributed by atoms with Gasteiger partial charge < -0.3 is 10.8 Å². The lowest BCUT2D eigenvalue weighted by molar-refractivity contribution is -0.138. The van der Waals surface area contributed by atoms with Crippen LogP contribution in [0.4, 0.5) is 0 Å². The number of rotatable bonds is 6. The minimum Gasteiger partial charge on any atom is -0.480 e. The van der Waals surface area contributed by atoms with Gasteiger partial charge >= 0.3 is 11.7 Å². The zero-order chi connectivity index (χ0) is 19.1. The number of aromatic nitrogens is 2. The molecule has 0 bridgehead atoms. The molecule has 3 aromatic rings. The van der Waals surface area contributed by atoms with Gasteiger partial charge in [-0.05, 0) is 61.6 Å². The second-order valence-corrected chi connectivity index (χ2v) is 7.44. The van der Waals surface area contributed by atoms with Gasteiger partial charge in [-0.1, -0.05) is 23.7 Å². The van der Waals surface area contributed by atoms with Crippen molar-refractivity contribution in [1.82, 2.24) is 9.13 Å². The Morgan fingerprint density at radius 3 is 2.52 bits per heavy atom. The Kier molecular flexibility index (Phi) is 4.53. The zero-order valence-electron chi connectivity index (χ0n) is 14.6. The summed E-state index contributed by atoms with van der Waals surface area (Å²) in [6, 6.07) is 12.5. The number of hydrogen-bond donors (Lipinski definition) is 2. The highest BCUT2D eigenvalue weighted by atomic mass is 35.5. The molecule has 2 aromatic carbocycles. The van der Waals surface area contributed by atoms with Gasteiger partial charge in [0.1, 0.15) is 6.04 Å². The van der Waals surface area contributed by atoms with Crippen LogP contribution in [0.5, 0.6) is 0 Å². The van der Waals surface area contributed by atoms with Crippen LogP contribution in [-0.2, 0) is 11.2 Å². The molecule has 0 saturated heterocycles. The Balaban J connectivity index is 1.69. The number of aliphatic carboxylic acids is 1. The molecule has 0 aliphatic heterocycles. The lowest BCUT2D eigenvalue weighted by Crippen LogP contribution is -2.30. The van der Waals surface area contributed by atoms with E-state index in [-0.39, 0.29) is 11.7 Å². The van der Waals surface area contributed by atoms with E-state index in [2.05, 4.69) is 0 Å². The number of carboxylic acid groups (broad SMARTS) is 1. The van der Waals surface area contributed by atoms with E-state index in [0.717, 1.165) is 35.1 Å². The molecule has 3 N–H and O–H groups in total. The second-order valence-electron chi connectivity index (χ2n) is 7.00. The number of aryl methyl sites for hydroxylation is 1. The van der Waals surface area contributed by atoms with E-state index in [1.165, 1.54) is 0 Å². The quantitative estimate of drug-likeness (QED) is 0.682. The number of carbonyl (C=O) groups is 1. The third-order valence-corrected chi connectivity index (χ3v) is 5.24. The summed E-state index contributed by atoms with van der Waals surface area (Å²) in [5.41, 5.74) is 8.94. The first-order chi connectivity index (χ1) is 13.0. The van der Waals surface area contributed by atoms with E-state index in [4.69, 9.17) is 22.4 Å². The summed E-state index contributed by atoms with van der Waals surface area (Å²) in [4.78, 5) is 23.9. The Bertz CT molecular complexity index is 1060. The molecule has 27 heavy (non-hydrogen) atoms. The van der Waals surface area contributed by atoms with Crippen LogP contribution in [-0.4, -0.2) is 26.3 Å². The highest BCUT2D eigenvalue weighted by Gasteiger charge is 2.29. The molecule has 1 saturated carbocycles. The summed E-state index contributed by atoms with van der Waals surface area (Å²) in [6.45, 7) is 0. The smallest absolute Gasteiger partial charge is 0.333 e. The van der Waals surface area contributed by atoms with E-state index < -0.39 is 12.0 Å². The van der Waals surface area contributed by atoms with Crippen LogP contribution in [0.25, 0.3) is 16.7 Å². The summed E-state index contributed by atoms with van der Waals surface area (Å²) < 4.78 is 3.54. The van der Waals surface area contributed by atoms with Crippen LogP contribution in [0, 0.1) is 0 Å². The molecule has 1 aromatic heterocycles. The fraction of sp³-hybridized carbons (Fsp3) is 0.300. The van der Waals surface area contributed by atoms with Crippen LogP contribution in [0.1, 0.15) is 30.9 Å². The molecule has 1 aliphatic rings. The normalized spacial score (nSPS) is 15.2. The molecule has 1 fully saturated rings. The van der Waals surface area contributed by atoms with Gasteiger partial charge in [-0.3, -0.25) is 13.9 Å². The van der Waals surface area contributed by atoms with E-state index in [1.807, 2.05) is 41.0 Å². The SMILES string of the molecule is N[C@@H](CCc1ccc(-n2c(=O)n(C3CC3)c3cc(Cl)ccc32)cc1)C(=O)O. The Morgan fingerprint density at radius 2 is 1.89 bits per heavy atom. The standard InChI is InChI=1S/C20H20ClN3O3/c21-13-4-10-17-18(11-13)24(15-7-8-15)20(27)23(17)14-5-1-12(2-6-14)3-9-16(22)19(25)26/h1-2,4-6,10-11,15-16H,3,7-9,22H2,(H,25,26)/t16-/m0/s1. The van der Waals surface area contributed by atoms with E-state index in [1.54, 1.807) is 10.6 Å². The summed E-state index contributed by atoms with van der Waals surface area (Å²) in [5.74, 6) is -0.996. The molecular weight excluding hydrogens is 366 g/mol. The second kappa shape index (κ2) is 6.87. The minimum absolute atomic E-state index is 0.0598. The van der Waals surface area contributed by atoms with Crippen LogP contribution in [0.3, 0.4) is 0 Å². The van der Waals surface area contributed by atoms with Gasteiger partial charge in [0.15, 0.2) is 0 Å². The van der Waals surface area contributed by atoms with Crippen molar-refractivity contribution in [2.24, 2.45) is 5.73 Å². The Hall–Kier alpha value is -2.57. The Labute approximate surface area is 160 Å². The molecule has 0 amide bonds. The van der Waals surface area contributed by atoms with Crippen molar-refractivity contribution in [3.8, 4) is 5.69 Å². The van der Waals surface area contributed by atoms with Crippen LogP contribution in [0.2, 0.25) is 5.02 Å². The fourth-order valence-corrected chi connectivity index (χ4v) is 3.55. The number of hydrogen-bond acceptors (Lipinski definition) is 3. The molecule has 0 spiro atoms. The number of imidazole rings is 1. The summed E-state index contributed by atoms with van der Waals surface area (Å²) in [7, 11) is 0. The predicted molar refractivity (Wildman–Crippen MR) is 105 cm³/mol. The number of benzene rings is 2. The first-order valence-corrected chi connectivity index (χ1v) is 9.33. The summed E-state index contributed by atoms with van der Waals surface area (Å²) in [5, 5.41) is 9.49. The molecule has 7 heteroatoms. The summed E-state index contributed by atoms with van der Waals surface area (Å²) in [6.07, 6.45) is 2.96. The van der Waals surface area contributed by atoms with Crippen LogP contribution >= 0.6 is 11.6 Å². The first-order valence-electron chi connectivity index (χ1n) is 8.96. The minimum atomic E-state index is -0.996. The molecule has 1 atom stereocenters. The number of nitrogens with zero attached hydrogens (tertiary/aromatic N) is 2. The maximum absolute atomic E-state index is 13.1. The third-order valence-electron chi connectivity index (χ3n) is 5.00. The van der Waals surface area contributed by atoms with E-state index in [9.17, 15) is 9.59 Å². The topological polar surface area (TPSA) is 90.2 Å². The molecule has 0 radical (unpaired) electrons. The lowest BCUT2D eigenvalue weighted by Gasteiger charge is -2.08. The lowest BCUT2D eigenvalue weighted by atomic mass is 10.1. The fourth-order valence-electron chi connectivity index (χ4n) is 3.38. The summed E-state index contributed by atoms with van der Waals surface area (Å²) >= 11 is 6.15. The van der Waals surface area contributed by atoms with Crippen molar-refractivity contribution in [1.29, 1.82) is 0 Å². The van der Waals surface area contributed by atoms with Gasteiger partial charge in [-0.25, -0.2) is 4.79 Å². The molecular formula is C20H20ClN3O3. The number of carboxylic acids is 1. The van der Waals surface area contributed by atoms with Crippen molar-refractivity contribution in [2.75, 3.05) is 0 Å². The monoisotopic (exact) mass is 385 g/mol. The largest absolute Gasteiger partial charge is 0.480 e. The first kappa shape index (κ1) is 17.8. The van der Waals surface area contributed by atoms with Gasteiger partial charge in [0, 0.05) is 11.1 Å². The number of nitrogens with two attached hydrogens (primary N) is 1. The number of fused-ring (bicyclic) bond motifs is 1.